The zero-order chi connectivity index (χ0) is 19.8. The molecule has 5 nitrogen and oxygen atoms in total. The molecule has 2 atom stereocenters. The van der Waals surface area contributed by atoms with E-state index in [9.17, 15) is 9.59 Å². The van der Waals surface area contributed by atoms with Crippen LogP contribution in [-0.4, -0.2) is 29.8 Å². The summed E-state index contributed by atoms with van der Waals surface area (Å²) in [5.41, 5.74) is 2.09. The van der Waals surface area contributed by atoms with Gasteiger partial charge in [0.25, 0.3) is 0 Å². The summed E-state index contributed by atoms with van der Waals surface area (Å²) in [6.07, 6.45) is 5.08. The number of carbonyl (C=O) groups excluding carboxylic acids is 2. The van der Waals surface area contributed by atoms with E-state index in [0.717, 1.165) is 22.6 Å². The number of benzene rings is 2. The molecule has 1 aliphatic rings. The van der Waals surface area contributed by atoms with Crippen LogP contribution in [0.25, 0.3) is 0 Å². The van der Waals surface area contributed by atoms with Gasteiger partial charge in [0.15, 0.2) is 0 Å². The largest absolute Gasteiger partial charge is 0.445 e. The predicted octanol–water partition coefficient (Wildman–Crippen LogP) is 4.33. The van der Waals surface area contributed by atoms with Gasteiger partial charge in [-0.05, 0) is 30.4 Å². The van der Waals surface area contributed by atoms with Gasteiger partial charge in [-0.25, -0.2) is 9.59 Å². The fourth-order valence-corrected chi connectivity index (χ4v) is 3.15. The van der Waals surface area contributed by atoms with Crippen molar-refractivity contribution in [2.75, 3.05) is 6.61 Å². The summed E-state index contributed by atoms with van der Waals surface area (Å²) in [6.45, 7) is 2.21. The Bertz CT molecular complexity index is 804. The zero-order valence-corrected chi connectivity index (χ0v) is 16.0. The summed E-state index contributed by atoms with van der Waals surface area (Å²) in [5.74, 6) is -0.918. The fraction of sp³-hybridized carbons (Fsp3) is 0.304. The van der Waals surface area contributed by atoms with Gasteiger partial charge >= 0.3 is 12.1 Å². The van der Waals surface area contributed by atoms with Gasteiger partial charge < -0.3 is 9.57 Å². The first-order valence-electron chi connectivity index (χ1n) is 9.59. The first-order valence-corrected chi connectivity index (χ1v) is 9.59. The predicted molar refractivity (Wildman–Crippen MR) is 106 cm³/mol. The summed E-state index contributed by atoms with van der Waals surface area (Å²) in [4.78, 5) is 30.5. The minimum Gasteiger partial charge on any atom is -0.445 e. The van der Waals surface area contributed by atoms with Crippen molar-refractivity contribution >= 4 is 12.1 Å². The molecule has 1 fully saturated rings. The molecular formula is C23H25NO4. The summed E-state index contributed by atoms with van der Waals surface area (Å²) < 4.78 is 5.12. The van der Waals surface area contributed by atoms with E-state index in [0.29, 0.717) is 12.8 Å². The molecule has 5 heteroatoms. The number of hydrogen-bond donors (Lipinski definition) is 0. The number of cyclic esters (lactones) is 1. The number of ether oxygens (including phenoxy) is 1. The Labute approximate surface area is 165 Å². The summed E-state index contributed by atoms with van der Waals surface area (Å²) in [7, 11) is 0. The number of nitrogens with zero attached hydrogens (tertiary/aromatic N) is 1. The zero-order valence-electron chi connectivity index (χ0n) is 16.0. The molecule has 0 N–H and O–H groups in total. The van der Waals surface area contributed by atoms with Crippen LogP contribution >= 0.6 is 0 Å². The molecule has 1 saturated heterocycles. The van der Waals surface area contributed by atoms with Gasteiger partial charge in [-0.3, -0.25) is 0 Å². The Morgan fingerprint density at radius 3 is 2.43 bits per heavy atom. The Morgan fingerprint density at radius 2 is 1.79 bits per heavy atom. The van der Waals surface area contributed by atoms with E-state index in [1.165, 1.54) is 0 Å². The van der Waals surface area contributed by atoms with E-state index in [-0.39, 0.29) is 12.6 Å². The lowest BCUT2D eigenvalue weighted by molar-refractivity contribution is -0.184. The van der Waals surface area contributed by atoms with Crippen LogP contribution in [0.5, 0.6) is 0 Å². The van der Waals surface area contributed by atoms with E-state index in [1.54, 1.807) is 0 Å². The second kappa shape index (κ2) is 9.74. The third-order valence-corrected chi connectivity index (χ3v) is 4.62. The van der Waals surface area contributed by atoms with Crippen LogP contribution in [0.4, 0.5) is 4.79 Å². The van der Waals surface area contributed by atoms with Crippen LogP contribution < -0.4 is 0 Å². The Kier molecular flexibility index (Phi) is 6.84. The molecule has 0 radical (unpaired) electrons. The molecule has 3 rings (SSSR count). The molecule has 28 heavy (non-hydrogen) atoms. The lowest BCUT2D eigenvalue weighted by Crippen LogP contribution is -2.39. The standard InChI is InChI=1S/C23H25NO4/c1-2-3-14-20(15-18-10-6-4-7-11-18)22(25)28-24-21(17-27-23(24)26)16-19-12-8-5-9-13-19/h3-14,20-21H,2,15-17H2,1H3/t20-,21?/m0/s1. The number of allylic oxidation sites excluding steroid dienone is 1. The van der Waals surface area contributed by atoms with E-state index in [2.05, 4.69) is 0 Å². The van der Waals surface area contributed by atoms with E-state index >= 15 is 0 Å². The molecule has 0 saturated carbocycles. The van der Waals surface area contributed by atoms with Gasteiger partial charge in [-0.2, -0.15) is 0 Å². The molecule has 1 heterocycles. The highest BCUT2D eigenvalue weighted by Gasteiger charge is 2.37. The average molecular weight is 379 g/mol. The number of hydroxylamine groups is 2. The Hall–Kier alpha value is -3.08. The van der Waals surface area contributed by atoms with Crippen LogP contribution in [0.15, 0.2) is 72.8 Å². The highest BCUT2D eigenvalue weighted by atomic mass is 16.8. The number of rotatable bonds is 8. The molecular weight excluding hydrogens is 354 g/mol. The summed E-state index contributed by atoms with van der Waals surface area (Å²) >= 11 is 0. The highest BCUT2D eigenvalue weighted by molar-refractivity contribution is 5.77. The van der Waals surface area contributed by atoms with E-state index in [1.807, 2.05) is 79.7 Å². The maximum Gasteiger partial charge on any atom is 0.443 e. The smallest absolute Gasteiger partial charge is 0.443 e. The van der Waals surface area contributed by atoms with Crippen LogP contribution in [0.2, 0.25) is 0 Å². The lowest BCUT2D eigenvalue weighted by atomic mass is 9.99. The van der Waals surface area contributed by atoms with Crippen molar-refractivity contribution in [2.24, 2.45) is 5.92 Å². The number of amides is 1. The van der Waals surface area contributed by atoms with Crippen LogP contribution in [0.1, 0.15) is 24.5 Å². The highest BCUT2D eigenvalue weighted by Crippen LogP contribution is 2.20. The molecule has 2 aromatic rings. The van der Waals surface area contributed by atoms with Crippen molar-refractivity contribution in [3.63, 3.8) is 0 Å². The molecule has 146 valence electrons. The third kappa shape index (κ3) is 5.22. The van der Waals surface area contributed by atoms with Gasteiger partial charge in [0.1, 0.15) is 12.6 Å². The van der Waals surface area contributed by atoms with Crippen LogP contribution in [0, 0.1) is 5.92 Å². The maximum atomic E-state index is 12.8. The topological polar surface area (TPSA) is 55.8 Å². The van der Waals surface area contributed by atoms with Crippen molar-refractivity contribution < 1.29 is 19.2 Å². The van der Waals surface area contributed by atoms with Gasteiger partial charge in [0, 0.05) is 0 Å². The molecule has 1 unspecified atom stereocenters. The van der Waals surface area contributed by atoms with Crippen molar-refractivity contribution in [2.45, 2.75) is 32.2 Å². The molecule has 0 aromatic heterocycles. The second-order valence-electron chi connectivity index (χ2n) is 6.79. The molecule has 0 spiro atoms. The summed E-state index contributed by atoms with van der Waals surface area (Å²) in [6, 6.07) is 19.2. The molecule has 1 aliphatic heterocycles. The maximum absolute atomic E-state index is 12.8. The fourth-order valence-electron chi connectivity index (χ4n) is 3.15. The van der Waals surface area contributed by atoms with Gasteiger partial charge in [-0.15, -0.1) is 5.06 Å². The molecule has 0 aliphatic carbocycles. The monoisotopic (exact) mass is 379 g/mol. The SMILES string of the molecule is CCC=C[C@@H](Cc1ccccc1)C(=O)ON1C(=O)OCC1Cc1ccccc1. The van der Waals surface area contributed by atoms with Crippen LogP contribution in [-0.2, 0) is 27.2 Å². The second-order valence-corrected chi connectivity index (χ2v) is 6.79. The van der Waals surface area contributed by atoms with Crippen molar-refractivity contribution in [1.29, 1.82) is 0 Å². The number of carbonyl (C=O) groups is 2. The summed E-state index contributed by atoms with van der Waals surface area (Å²) in [5, 5.41) is 1.09. The van der Waals surface area contributed by atoms with E-state index in [4.69, 9.17) is 9.57 Å². The Balaban J connectivity index is 1.69. The lowest BCUT2D eigenvalue weighted by Gasteiger charge is -2.22. The first kappa shape index (κ1) is 19.7. The first-order chi connectivity index (χ1) is 13.7. The van der Waals surface area contributed by atoms with Gasteiger partial charge in [0.2, 0.25) is 0 Å². The molecule has 1 amide bonds. The third-order valence-electron chi connectivity index (χ3n) is 4.62. The Morgan fingerprint density at radius 1 is 1.14 bits per heavy atom. The molecule has 0 bridgehead atoms. The van der Waals surface area contributed by atoms with Gasteiger partial charge in [-0.1, -0.05) is 79.7 Å². The molecule has 2 aromatic carbocycles. The van der Waals surface area contributed by atoms with Crippen molar-refractivity contribution in [3.8, 4) is 0 Å². The quantitative estimate of drug-likeness (QED) is 0.641. The van der Waals surface area contributed by atoms with Crippen molar-refractivity contribution in [1.82, 2.24) is 5.06 Å². The van der Waals surface area contributed by atoms with E-state index < -0.39 is 18.0 Å². The average Bonchev–Trinajstić information content (AvgIpc) is 3.06. The number of hydrogen-bond acceptors (Lipinski definition) is 4. The normalized spacial score (nSPS) is 17.5. The minimum absolute atomic E-state index is 0.204. The van der Waals surface area contributed by atoms with Gasteiger partial charge in [0.05, 0.1) is 5.92 Å². The van der Waals surface area contributed by atoms with Crippen LogP contribution in [0.3, 0.4) is 0 Å². The van der Waals surface area contributed by atoms with Crippen molar-refractivity contribution in [3.05, 3.63) is 83.9 Å². The minimum atomic E-state index is -0.618.